The molecule has 76 valence electrons. The van der Waals surface area contributed by atoms with Gasteiger partial charge in [-0.25, -0.2) is 10.0 Å². The van der Waals surface area contributed by atoms with E-state index in [0.717, 1.165) is 10.5 Å². The second kappa shape index (κ2) is 5.16. The summed E-state index contributed by atoms with van der Waals surface area (Å²) in [4.78, 5) is 0. The molecule has 0 aliphatic carbocycles. The molecule has 0 bridgehead atoms. The molecule has 0 saturated heterocycles. The van der Waals surface area contributed by atoms with Crippen LogP contribution in [-0.2, 0) is 0 Å². The first-order chi connectivity index (χ1) is 5.52. The number of rotatable bonds is 5. The summed E-state index contributed by atoms with van der Waals surface area (Å²) in [5, 5.41) is 1.88. The van der Waals surface area contributed by atoms with E-state index in [0.29, 0.717) is 0 Å². The summed E-state index contributed by atoms with van der Waals surface area (Å²) in [5.41, 5.74) is 0. The van der Waals surface area contributed by atoms with E-state index < -0.39 is 0 Å². The molecule has 0 amide bonds. The molecule has 0 aliphatic heterocycles. The fraction of sp³-hybridized carbons (Fsp3) is 1.00. The lowest BCUT2D eigenvalue weighted by Gasteiger charge is -2.46. The SMILES string of the molecule is CCC(C)S(C)(CC)[C@@H](C)CC. The second-order valence-corrected chi connectivity index (χ2v) is 8.60. The van der Waals surface area contributed by atoms with Gasteiger partial charge in [-0.3, -0.25) is 0 Å². The zero-order valence-electron chi connectivity index (χ0n) is 9.68. The first-order valence-electron chi connectivity index (χ1n) is 5.26. The normalized spacial score (nSPS) is 24.2. The quantitative estimate of drug-likeness (QED) is 0.614. The van der Waals surface area contributed by atoms with E-state index in [1.807, 2.05) is 0 Å². The minimum Gasteiger partial charge on any atom is -0.239 e. The van der Waals surface area contributed by atoms with Crippen molar-refractivity contribution in [3.05, 3.63) is 0 Å². The lowest BCUT2D eigenvalue weighted by Crippen LogP contribution is -2.25. The van der Waals surface area contributed by atoms with E-state index >= 15 is 0 Å². The van der Waals surface area contributed by atoms with Gasteiger partial charge in [0.2, 0.25) is 0 Å². The summed E-state index contributed by atoms with van der Waals surface area (Å²) in [7, 11) is -0.334. The van der Waals surface area contributed by atoms with Crippen LogP contribution in [-0.4, -0.2) is 22.5 Å². The van der Waals surface area contributed by atoms with Crippen molar-refractivity contribution in [1.29, 1.82) is 0 Å². The summed E-state index contributed by atoms with van der Waals surface area (Å²) in [6.07, 6.45) is 5.24. The van der Waals surface area contributed by atoms with Crippen molar-refractivity contribution >= 4 is 10.0 Å². The Bertz CT molecular complexity index is 110. The van der Waals surface area contributed by atoms with Crippen LogP contribution in [0.5, 0.6) is 0 Å². The maximum absolute atomic E-state index is 2.54. The van der Waals surface area contributed by atoms with Crippen molar-refractivity contribution in [2.24, 2.45) is 0 Å². The first kappa shape index (κ1) is 12.3. The molecule has 3 atom stereocenters. The van der Waals surface area contributed by atoms with Crippen molar-refractivity contribution in [2.45, 2.75) is 58.0 Å². The Labute approximate surface area is 80.4 Å². The average Bonchev–Trinajstić information content (AvgIpc) is 2.13. The van der Waals surface area contributed by atoms with E-state index in [9.17, 15) is 0 Å². The van der Waals surface area contributed by atoms with Gasteiger partial charge in [0.25, 0.3) is 0 Å². The van der Waals surface area contributed by atoms with Crippen molar-refractivity contribution in [3.8, 4) is 0 Å². The third kappa shape index (κ3) is 2.42. The highest BCUT2D eigenvalue weighted by Gasteiger charge is 2.27. The third-order valence-electron chi connectivity index (χ3n) is 3.61. The molecule has 0 N–H and O–H groups in total. The minimum absolute atomic E-state index is 0.334. The second-order valence-electron chi connectivity index (χ2n) is 3.96. The lowest BCUT2D eigenvalue weighted by molar-refractivity contribution is 0.834. The summed E-state index contributed by atoms with van der Waals surface area (Å²) < 4.78 is 0. The van der Waals surface area contributed by atoms with E-state index in [1.165, 1.54) is 18.6 Å². The maximum Gasteiger partial charge on any atom is -0.0143 e. The molecule has 0 aliphatic rings. The van der Waals surface area contributed by atoms with Crippen LogP contribution in [0.2, 0.25) is 0 Å². The van der Waals surface area contributed by atoms with Crippen molar-refractivity contribution in [3.63, 3.8) is 0 Å². The van der Waals surface area contributed by atoms with E-state index in [4.69, 9.17) is 0 Å². The molecule has 0 radical (unpaired) electrons. The summed E-state index contributed by atoms with van der Waals surface area (Å²) in [5.74, 6) is 1.40. The van der Waals surface area contributed by atoms with Gasteiger partial charge in [-0.05, 0) is 35.4 Å². The smallest absolute Gasteiger partial charge is 0.0143 e. The van der Waals surface area contributed by atoms with Gasteiger partial charge in [-0.1, -0.05) is 34.6 Å². The molecule has 2 unspecified atom stereocenters. The highest BCUT2D eigenvalue weighted by atomic mass is 32.3. The van der Waals surface area contributed by atoms with Crippen LogP contribution in [0.25, 0.3) is 0 Å². The van der Waals surface area contributed by atoms with Gasteiger partial charge in [0, 0.05) is 0 Å². The van der Waals surface area contributed by atoms with Crippen LogP contribution >= 0.6 is 10.0 Å². The van der Waals surface area contributed by atoms with Gasteiger partial charge in [0.05, 0.1) is 0 Å². The molecule has 0 nitrogen and oxygen atoms in total. The van der Waals surface area contributed by atoms with Gasteiger partial charge in [-0.2, -0.15) is 0 Å². The minimum atomic E-state index is -0.334. The molecule has 0 heterocycles. The summed E-state index contributed by atoms with van der Waals surface area (Å²) in [6.45, 7) is 11.9. The van der Waals surface area contributed by atoms with Gasteiger partial charge in [0.15, 0.2) is 0 Å². The Morgan fingerprint density at radius 1 is 0.917 bits per heavy atom. The van der Waals surface area contributed by atoms with Crippen molar-refractivity contribution in [2.75, 3.05) is 12.0 Å². The first-order valence-corrected chi connectivity index (χ1v) is 7.60. The van der Waals surface area contributed by atoms with Crippen molar-refractivity contribution in [1.82, 2.24) is 0 Å². The van der Waals surface area contributed by atoms with E-state index in [-0.39, 0.29) is 10.0 Å². The number of hydrogen-bond donors (Lipinski definition) is 0. The standard InChI is InChI=1S/C11H26S/c1-7-10(4)12(6,9-3)11(5)8-2/h10-11H,7-9H2,1-6H3/t10-,11?/m0/s1. The predicted molar refractivity (Wildman–Crippen MR) is 63.6 cm³/mol. The molecule has 0 aromatic heterocycles. The van der Waals surface area contributed by atoms with Crippen LogP contribution < -0.4 is 0 Å². The zero-order valence-corrected chi connectivity index (χ0v) is 10.5. The van der Waals surface area contributed by atoms with Gasteiger partial charge in [0.1, 0.15) is 0 Å². The molecule has 0 rings (SSSR count). The van der Waals surface area contributed by atoms with Crippen LogP contribution in [0.15, 0.2) is 0 Å². The Morgan fingerprint density at radius 3 is 1.42 bits per heavy atom. The average molecular weight is 190 g/mol. The fourth-order valence-electron chi connectivity index (χ4n) is 1.73. The van der Waals surface area contributed by atoms with Crippen LogP contribution in [0, 0.1) is 0 Å². The molecule has 12 heavy (non-hydrogen) atoms. The Hall–Kier alpha value is 0.350. The van der Waals surface area contributed by atoms with Crippen LogP contribution in [0.3, 0.4) is 0 Å². The molecular weight excluding hydrogens is 164 g/mol. The molecule has 0 fully saturated rings. The highest BCUT2D eigenvalue weighted by Crippen LogP contribution is 2.55. The Kier molecular flexibility index (Phi) is 5.31. The predicted octanol–water partition coefficient (Wildman–Crippen LogP) is 4.04. The largest absolute Gasteiger partial charge is 0.239 e. The van der Waals surface area contributed by atoms with Crippen LogP contribution in [0.4, 0.5) is 0 Å². The van der Waals surface area contributed by atoms with Crippen molar-refractivity contribution < 1.29 is 0 Å². The van der Waals surface area contributed by atoms with Gasteiger partial charge >= 0.3 is 0 Å². The summed E-state index contributed by atoms with van der Waals surface area (Å²) >= 11 is 0. The molecular formula is C11H26S. The van der Waals surface area contributed by atoms with Gasteiger partial charge in [-0.15, -0.1) is 0 Å². The Morgan fingerprint density at radius 2 is 1.25 bits per heavy atom. The van der Waals surface area contributed by atoms with E-state index in [2.05, 4.69) is 40.9 Å². The third-order valence-corrected chi connectivity index (χ3v) is 9.20. The molecule has 0 saturated carbocycles. The summed E-state index contributed by atoms with van der Waals surface area (Å²) in [6, 6.07) is 0. The monoisotopic (exact) mass is 190 g/mol. The van der Waals surface area contributed by atoms with E-state index in [1.54, 1.807) is 0 Å². The number of hydrogen-bond acceptors (Lipinski definition) is 0. The van der Waals surface area contributed by atoms with Crippen LogP contribution in [0.1, 0.15) is 47.5 Å². The Balaban J connectivity index is 4.42. The molecule has 0 aromatic rings. The zero-order chi connectivity index (χ0) is 9.78. The molecule has 0 spiro atoms. The fourth-order valence-corrected chi connectivity index (χ4v) is 5.18. The van der Waals surface area contributed by atoms with Gasteiger partial charge < -0.3 is 0 Å². The highest BCUT2D eigenvalue weighted by molar-refractivity contribution is 8.34. The molecule has 1 heteroatoms. The maximum atomic E-state index is 2.54. The topological polar surface area (TPSA) is 0 Å². The lowest BCUT2D eigenvalue weighted by atomic mass is 10.4. The molecule has 0 aromatic carbocycles.